The zero-order chi connectivity index (χ0) is 12.2. The Morgan fingerprint density at radius 3 is 1.75 bits per heavy atom. The summed E-state index contributed by atoms with van der Waals surface area (Å²) in [7, 11) is 1.18. The second kappa shape index (κ2) is 11.4. The lowest BCUT2D eigenvalue weighted by Gasteiger charge is -2.15. The van der Waals surface area contributed by atoms with E-state index in [-0.39, 0.29) is 0 Å². The van der Waals surface area contributed by atoms with Crippen molar-refractivity contribution in [2.24, 2.45) is 5.92 Å². The molecule has 1 saturated heterocycles. The van der Waals surface area contributed by atoms with Crippen LogP contribution in [0.15, 0.2) is 0 Å². The van der Waals surface area contributed by atoms with Gasteiger partial charge in [-0.1, -0.05) is 39.0 Å². The number of hydrogen-bond donors (Lipinski definition) is 2. The van der Waals surface area contributed by atoms with Crippen molar-refractivity contribution in [2.75, 3.05) is 13.7 Å². The average Bonchev–Trinajstić information content (AvgIpc) is 2.72. The maximum Gasteiger partial charge on any atom is 0.0710 e. The fourth-order valence-electron chi connectivity index (χ4n) is 2.17. The first-order valence-electron chi connectivity index (χ1n) is 6.61. The van der Waals surface area contributed by atoms with Crippen LogP contribution in [0.3, 0.4) is 0 Å². The topological polar surface area (TPSA) is 41.5 Å². The molecule has 3 nitrogen and oxygen atoms in total. The molecule has 0 bridgehead atoms. The Morgan fingerprint density at radius 2 is 1.56 bits per heavy atom. The lowest BCUT2D eigenvalue weighted by atomic mass is 9.91. The van der Waals surface area contributed by atoms with Crippen LogP contribution in [-0.2, 0) is 4.89 Å². The van der Waals surface area contributed by atoms with E-state index in [2.05, 4.69) is 24.1 Å². The van der Waals surface area contributed by atoms with Crippen LogP contribution < -0.4 is 5.32 Å². The highest BCUT2D eigenvalue weighted by Gasteiger charge is 2.06. The SMILES string of the molecule is CC1CCCCC1.COO.C[C@@H]1CCCN1. The first-order valence-corrected chi connectivity index (χ1v) is 6.61. The fraction of sp³-hybridized carbons (Fsp3) is 1.00. The van der Waals surface area contributed by atoms with Crippen LogP contribution >= 0.6 is 0 Å². The van der Waals surface area contributed by atoms with Crippen LogP contribution in [0.2, 0.25) is 0 Å². The maximum absolute atomic E-state index is 7.07. The molecule has 1 heterocycles. The lowest BCUT2D eigenvalue weighted by molar-refractivity contribution is -0.214. The van der Waals surface area contributed by atoms with Gasteiger partial charge in [0.1, 0.15) is 0 Å². The van der Waals surface area contributed by atoms with E-state index < -0.39 is 0 Å². The molecule has 1 aliphatic heterocycles. The van der Waals surface area contributed by atoms with Gasteiger partial charge in [0.15, 0.2) is 0 Å². The molecule has 2 N–H and O–H groups in total. The number of hydrogen-bond acceptors (Lipinski definition) is 3. The molecule has 2 fully saturated rings. The Labute approximate surface area is 101 Å². The molecule has 1 atom stereocenters. The van der Waals surface area contributed by atoms with Gasteiger partial charge in [0, 0.05) is 6.04 Å². The molecule has 0 unspecified atom stereocenters. The molecule has 2 rings (SSSR count). The Balaban J connectivity index is 0.000000230. The quantitative estimate of drug-likeness (QED) is 0.495. The van der Waals surface area contributed by atoms with Crippen LogP contribution in [0.1, 0.15) is 58.8 Å². The van der Waals surface area contributed by atoms with Gasteiger partial charge >= 0.3 is 0 Å². The third-order valence-electron chi connectivity index (χ3n) is 3.20. The predicted octanol–water partition coefficient (Wildman–Crippen LogP) is 3.45. The second-order valence-corrected chi connectivity index (χ2v) is 4.92. The highest BCUT2D eigenvalue weighted by atomic mass is 17.1. The van der Waals surface area contributed by atoms with Crippen LogP contribution in [-0.4, -0.2) is 25.0 Å². The van der Waals surface area contributed by atoms with Crippen molar-refractivity contribution in [2.45, 2.75) is 64.8 Å². The summed E-state index contributed by atoms with van der Waals surface area (Å²) >= 11 is 0. The maximum atomic E-state index is 7.07. The molecule has 0 radical (unpaired) electrons. The van der Waals surface area contributed by atoms with E-state index in [1.165, 1.54) is 58.6 Å². The standard InChI is InChI=1S/C7H14.C5H11N.CH4O2/c1-7-5-3-2-4-6-7;1-5-3-2-4-6-5;1-3-2/h7H,2-6H2,1H3;5-6H,2-4H2,1H3;2H,1H3/t;5-;/m.1./s1. The minimum Gasteiger partial charge on any atom is -0.314 e. The highest BCUT2D eigenvalue weighted by Crippen LogP contribution is 2.22. The molecule has 2 aliphatic rings. The van der Waals surface area contributed by atoms with Crippen molar-refractivity contribution < 1.29 is 10.1 Å². The van der Waals surface area contributed by atoms with Crippen molar-refractivity contribution in [3.63, 3.8) is 0 Å². The van der Waals surface area contributed by atoms with E-state index in [0.717, 1.165) is 12.0 Å². The first kappa shape index (κ1) is 15.9. The smallest absolute Gasteiger partial charge is 0.0710 e. The van der Waals surface area contributed by atoms with E-state index in [1.807, 2.05) is 0 Å². The van der Waals surface area contributed by atoms with Gasteiger partial charge in [0.05, 0.1) is 7.11 Å². The van der Waals surface area contributed by atoms with E-state index in [4.69, 9.17) is 5.26 Å². The molecule has 1 aliphatic carbocycles. The minimum atomic E-state index is 0.796. The van der Waals surface area contributed by atoms with Gasteiger partial charge in [-0.05, 0) is 32.2 Å². The third kappa shape index (κ3) is 10.4. The molecule has 16 heavy (non-hydrogen) atoms. The summed E-state index contributed by atoms with van der Waals surface area (Å²) in [4.78, 5) is 3.25. The van der Waals surface area contributed by atoms with Crippen LogP contribution in [0.25, 0.3) is 0 Å². The van der Waals surface area contributed by atoms with Gasteiger partial charge < -0.3 is 5.32 Å². The van der Waals surface area contributed by atoms with E-state index in [0.29, 0.717) is 0 Å². The molecule has 98 valence electrons. The van der Waals surface area contributed by atoms with Crippen molar-refractivity contribution in [3.05, 3.63) is 0 Å². The summed E-state index contributed by atoms with van der Waals surface area (Å²) in [5.41, 5.74) is 0. The van der Waals surface area contributed by atoms with Gasteiger partial charge in [-0.3, -0.25) is 5.26 Å². The molecule has 0 spiro atoms. The molecule has 0 aromatic carbocycles. The Hall–Kier alpha value is -0.120. The highest BCUT2D eigenvalue weighted by molar-refractivity contribution is 4.67. The Bertz CT molecular complexity index is 130. The summed E-state index contributed by atoms with van der Waals surface area (Å²) in [5, 5.41) is 10.4. The van der Waals surface area contributed by atoms with Crippen LogP contribution in [0.5, 0.6) is 0 Å². The van der Waals surface area contributed by atoms with Crippen molar-refractivity contribution in [3.8, 4) is 0 Å². The van der Waals surface area contributed by atoms with Gasteiger partial charge in [0.25, 0.3) is 0 Å². The van der Waals surface area contributed by atoms with Crippen molar-refractivity contribution >= 4 is 0 Å². The summed E-state index contributed by atoms with van der Waals surface area (Å²) in [6.07, 6.45) is 10.2. The van der Waals surface area contributed by atoms with Crippen LogP contribution in [0.4, 0.5) is 0 Å². The summed E-state index contributed by atoms with van der Waals surface area (Å²) in [6.45, 7) is 5.83. The number of rotatable bonds is 0. The van der Waals surface area contributed by atoms with Crippen molar-refractivity contribution in [1.82, 2.24) is 5.32 Å². The van der Waals surface area contributed by atoms with E-state index >= 15 is 0 Å². The molecule has 1 saturated carbocycles. The third-order valence-corrected chi connectivity index (χ3v) is 3.20. The Morgan fingerprint density at radius 1 is 1.00 bits per heavy atom. The molecule has 0 aromatic rings. The predicted molar refractivity (Wildman–Crippen MR) is 68.6 cm³/mol. The molecular formula is C13H29NO2. The fourth-order valence-corrected chi connectivity index (χ4v) is 2.17. The van der Waals surface area contributed by atoms with E-state index in [9.17, 15) is 0 Å². The normalized spacial score (nSPS) is 25.1. The average molecular weight is 231 g/mol. The molecule has 0 aromatic heterocycles. The van der Waals surface area contributed by atoms with Gasteiger partial charge in [-0.25, -0.2) is 4.89 Å². The first-order chi connectivity index (χ1) is 7.70. The lowest BCUT2D eigenvalue weighted by Crippen LogP contribution is -2.16. The van der Waals surface area contributed by atoms with Gasteiger partial charge in [-0.2, -0.15) is 0 Å². The minimum absolute atomic E-state index is 0.796. The summed E-state index contributed by atoms with van der Waals surface area (Å²) < 4.78 is 0. The summed E-state index contributed by atoms with van der Waals surface area (Å²) in [5.74, 6) is 1.04. The zero-order valence-corrected chi connectivity index (χ0v) is 11.2. The monoisotopic (exact) mass is 231 g/mol. The second-order valence-electron chi connectivity index (χ2n) is 4.92. The molecular weight excluding hydrogens is 202 g/mol. The largest absolute Gasteiger partial charge is 0.314 e. The number of nitrogens with one attached hydrogen (secondary N) is 1. The molecule has 0 amide bonds. The van der Waals surface area contributed by atoms with E-state index in [1.54, 1.807) is 0 Å². The van der Waals surface area contributed by atoms with Crippen molar-refractivity contribution in [1.29, 1.82) is 0 Å². The Kier molecular flexibility index (Phi) is 11.3. The van der Waals surface area contributed by atoms with Gasteiger partial charge in [0.2, 0.25) is 0 Å². The van der Waals surface area contributed by atoms with Gasteiger partial charge in [-0.15, -0.1) is 0 Å². The summed E-state index contributed by atoms with van der Waals surface area (Å²) in [6, 6.07) is 0.796. The molecule has 3 heteroatoms. The van der Waals surface area contributed by atoms with Crippen LogP contribution in [0, 0.1) is 5.92 Å². The zero-order valence-electron chi connectivity index (χ0n) is 11.2.